The van der Waals surface area contributed by atoms with Gasteiger partial charge in [0.05, 0.1) is 6.54 Å². The number of nitrogens with zero attached hydrogens (tertiary/aromatic N) is 2. The van der Waals surface area contributed by atoms with Crippen LogP contribution in [-0.2, 0) is 12.7 Å². The Balaban J connectivity index is 0.00000200. The Labute approximate surface area is 136 Å². The number of halogens is 4. The Morgan fingerprint density at radius 2 is 2.20 bits per heavy atom. The summed E-state index contributed by atoms with van der Waals surface area (Å²) in [4.78, 5) is 7.46. The lowest BCUT2D eigenvalue weighted by Crippen LogP contribution is -2.37. The molecular weight excluding hydrogens is 404 g/mol. The van der Waals surface area contributed by atoms with Crippen molar-refractivity contribution in [2.24, 2.45) is 16.6 Å². The smallest absolute Gasteiger partial charge is 0.370 e. The van der Waals surface area contributed by atoms with Crippen molar-refractivity contribution in [2.45, 2.75) is 32.0 Å². The van der Waals surface area contributed by atoms with E-state index in [1.54, 1.807) is 0 Å². The van der Waals surface area contributed by atoms with E-state index in [1.807, 2.05) is 0 Å². The highest BCUT2D eigenvalue weighted by molar-refractivity contribution is 14.0. The molecule has 0 atom stereocenters. The molecule has 1 aliphatic rings. The molecule has 1 heterocycles. The van der Waals surface area contributed by atoms with E-state index in [2.05, 4.69) is 15.3 Å². The molecule has 0 saturated heterocycles. The zero-order valence-corrected chi connectivity index (χ0v) is 13.8. The molecule has 3 N–H and O–H groups in total. The average Bonchev–Trinajstić information content (AvgIpc) is 2.72. The highest BCUT2D eigenvalue weighted by atomic mass is 127. The lowest BCUT2D eigenvalue weighted by atomic mass is 9.85. The highest BCUT2D eigenvalue weighted by Gasteiger charge is 2.33. The van der Waals surface area contributed by atoms with Gasteiger partial charge in [0.1, 0.15) is 5.01 Å². The number of hydrogen-bond acceptors (Lipinski definition) is 3. The van der Waals surface area contributed by atoms with E-state index in [0.717, 1.165) is 23.3 Å². The van der Waals surface area contributed by atoms with Crippen molar-refractivity contribution in [1.82, 2.24) is 10.3 Å². The molecule has 114 valence electrons. The second-order valence-electron chi connectivity index (χ2n) is 4.50. The number of hydrogen-bond donors (Lipinski definition) is 2. The van der Waals surface area contributed by atoms with Crippen molar-refractivity contribution < 1.29 is 13.2 Å². The van der Waals surface area contributed by atoms with Crippen molar-refractivity contribution in [1.29, 1.82) is 0 Å². The van der Waals surface area contributed by atoms with E-state index in [9.17, 15) is 13.2 Å². The van der Waals surface area contributed by atoms with Gasteiger partial charge in [0.2, 0.25) is 0 Å². The lowest BCUT2D eigenvalue weighted by Gasteiger charge is -2.25. The van der Waals surface area contributed by atoms with Crippen molar-refractivity contribution >= 4 is 41.3 Å². The minimum absolute atomic E-state index is 0. The van der Waals surface area contributed by atoms with Crippen molar-refractivity contribution in [3.8, 4) is 0 Å². The normalized spacial score (nSPS) is 16.4. The molecule has 0 aromatic carbocycles. The first-order chi connectivity index (χ1) is 8.95. The monoisotopic (exact) mass is 420 g/mol. The zero-order valence-electron chi connectivity index (χ0n) is 10.6. The van der Waals surface area contributed by atoms with E-state index in [-0.39, 0.29) is 36.5 Å². The first-order valence-corrected chi connectivity index (χ1v) is 6.88. The highest BCUT2D eigenvalue weighted by Crippen LogP contribution is 2.30. The molecule has 1 fully saturated rings. The first kappa shape index (κ1) is 17.5. The largest absolute Gasteiger partial charge is 0.434 e. The van der Waals surface area contributed by atoms with E-state index < -0.39 is 11.9 Å². The number of alkyl halides is 3. The minimum atomic E-state index is -4.40. The molecule has 0 radical (unpaired) electrons. The Bertz CT molecular complexity index is 457. The number of aliphatic imine (C=N–C) groups is 1. The summed E-state index contributed by atoms with van der Waals surface area (Å²) >= 11 is 0.937. The Morgan fingerprint density at radius 3 is 2.70 bits per heavy atom. The molecule has 2 rings (SSSR count). The average molecular weight is 420 g/mol. The maximum absolute atomic E-state index is 12.3. The third-order valence-electron chi connectivity index (χ3n) is 3.02. The summed E-state index contributed by atoms with van der Waals surface area (Å²) in [6, 6.07) is 0. The maximum Gasteiger partial charge on any atom is 0.434 e. The van der Waals surface area contributed by atoms with Gasteiger partial charge in [0.25, 0.3) is 0 Å². The Hall–Kier alpha value is -0.580. The summed E-state index contributed by atoms with van der Waals surface area (Å²) in [5.74, 6) is 0.904. The van der Waals surface area contributed by atoms with Crippen LogP contribution in [0.2, 0.25) is 0 Å². The third kappa shape index (κ3) is 5.08. The SMILES string of the molecule is I.NC(=NCc1nc(C(F)(F)F)cs1)NCC1CCC1. The van der Waals surface area contributed by atoms with Crippen molar-refractivity contribution in [2.75, 3.05) is 6.54 Å². The van der Waals surface area contributed by atoms with Crippen LogP contribution in [0.4, 0.5) is 13.2 Å². The van der Waals surface area contributed by atoms with E-state index in [1.165, 1.54) is 19.3 Å². The Kier molecular flexibility index (Phi) is 6.49. The van der Waals surface area contributed by atoms with Gasteiger partial charge in [-0.05, 0) is 18.8 Å². The van der Waals surface area contributed by atoms with E-state index in [4.69, 9.17) is 5.73 Å². The lowest BCUT2D eigenvalue weighted by molar-refractivity contribution is -0.140. The van der Waals surface area contributed by atoms with Gasteiger partial charge in [0.15, 0.2) is 11.7 Å². The predicted molar refractivity (Wildman–Crippen MR) is 83.2 cm³/mol. The first-order valence-electron chi connectivity index (χ1n) is 6.00. The molecule has 0 bridgehead atoms. The van der Waals surface area contributed by atoms with Gasteiger partial charge in [-0.1, -0.05) is 6.42 Å². The molecule has 0 spiro atoms. The fourth-order valence-corrected chi connectivity index (χ4v) is 2.39. The molecule has 1 aliphatic carbocycles. The molecule has 0 unspecified atom stereocenters. The van der Waals surface area contributed by atoms with Crippen LogP contribution >= 0.6 is 35.3 Å². The number of thiazole rings is 1. The van der Waals surface area contributed by atoms with Gasteiger partial charge < -0.3 is 11.1 Å². The molecule has 0 aliphatic heterocycles. The van der Waals surface area contributed by atoms with Gasteiger partial charge in [-0.3, -0.25) is 0 Å². The van der Waals surface area contributed by atoms with Gasteiger partial charge >= 0.3 is 6.18 Å². The number of nitrogens with two attached hydrogens (primary N) is 1. The molecular formula is C11H16F3IN4S. The van der Waals surface area contributed by atoms with E-state index in [0.29, 0.717) is 10.9 Å². The summed E-state index contributed by atoms with van der Waals surface area (Å²) in [7, 11) is 0. The summed E-state index contributed by atoms with van der Waals surface area (Å²) in [6.45, 7) is 0.852. The van der Waals surface area contributed by atoms with Crippen LogP contribution in [0.3, 0.4) is 0 Å². The molecule has 4 nitrogen and oxygen atoms in total. The second-order valence-corrected chi connectivity index (χ2v) is 5.45. The summed E-state index contributed by atoms with van der Waals surface area (Å²) in [5, 5.41) is 4.27. The van der Waals surface area contributed by atoms with Crippen molar-refractivity contribution in [3.05, 3.63) is 16.1 Å². The molecule has 1 aromatic rings. The summed E-state index contributed by atoms with van der Waals surface area (Å²) in [6.07, 6.45) is -0.751. The van der Waals surface area contributed by atoms with Gasteiger partial charge in [-0.25, -0.2) is 9.98 Å². The fourth-order valence-electron chi connectivity index (χ4n) is 1.67. The molecule has 20 heavy (non-hydrogen) atoms. The fraction of sp³-hybridized carbons (Fsp3) is 0.636. The molecule has 0 amide bonds. The number of nitrogens with one attached hydrogen (secondary N) is 1. The van der Waals surface area contributed by atoms with Crippen LogP contribution in [0.1, 0.15) is 30.0 Å². The van der Waals surface area contributed by atoms with Crippen LogP contribution in [0.15, 0.2) is 10.4 Å². The van der Waals surface area contributed by atoms with Crippen LogP contribution < -0.4 is 11.1 Å². The van der Waals surface area contributed by atoms with Crippen LogP contribution in [0, 0.1) is 5.92 Å². The van der Waals surface area contributed by atoms with Gasteiger partial charge in [-0.15, -0.1) is 35.3 Å². The van der Waals surface area contributed by atoms with Gasteiger partial charge in [0, 0.05) is 11.9 Å². The van der Waals surface area contributed by atoms with Crippen LogP contribution in [0.25, 0.3) is 0 Å². The summed E-state index contributed by atoms with van der Waals surface area (Å²) < 4.78 is 37.0. The van der Waals surface area contributed by atoms with Gasteiger partial charge in [-0.2, -0.15) is 13.2 Å². The maximum atomic E-state index is 12.3. The molecule has 1 saturated carbocycles. The standard InChI is InChI=1S/C11H15F3N4S.HI/c12-11(13,14)8-6-19-9(18-8)5-17-10(15)16-4-7-2-1-3-7;/h6-7H,1-5H2,(H3,15,16,17);1H. The second kappa shape index (κ2) is 7.43. The van der Waals surface area contributed by atoms with Crippen molar-refractivity contribution in [3.63, 3.8) is 0 Å². The van der Waals surface area contributed by atoms with E-state index >= 15 is 0 Å². The third-order valence-corrected chi connectivity index (χ3v) is 3.86. The zero-order chi connectivity index (χ0) is 13.9. The predicted octanol–water partition coefficient (Wildman–Crippen LogP) is 2.98. The molecule has 1 aromatic heterocycles. The minimum Gasteiger partial charge on any atom is -0.370 e. The Morgan fingerprint density at radius 1 is 1.50 bits per heavy atom. The number of guanidine groups is 1. The molecule has 9 heteroatoms. The van der Waals surface area contributed by atoms with Crippen LogP contribution in [-0.4, -0.2) is 17.5 Å². The topological polar surface area (TPSA) is 63.3 Å². The quantitative estimate of drug-likeness (QED) is 0.447. The number of aromatic nitrogens is 1. The van der Waals surface area contributed by atoms with Crippen LogP contribution in [0.5, 0.6) is 0 Å². The number of rotatable bonds is 4. The summed E-state index contributed by atoms with van der Waals surface area (Å²) in [5.41, 5.74) is 4.76.